The summed E-state index contributed by atoms with van der Waals surface area (Å²) in [5, 5.41) is 3.11. The lowest BCUT2D eigenvalue weighted by Gasteiger charge is -2.48. The topological polar surface area (TPSA) is 110 Å². The van der Waals surface area contributed by atoms with Gasteiger partial charge in [0.2, 0.25) is 0 Å². The van der Waals surface area contributed by atoms with Crippen LogP contribution in [0.25, 0.3) is 0 Å². The molecular weight excluding hydrogens is 536 g/mol. The smallest absolute Gasteiger partial charge is 0.413 e. The lowest BCUT2D eigenvalue weighted by atomic mass is 9.94. The summed E-state index contributed by atoms with van der Waals surface area (Å²) in [6, 6.07) is 9.52. The zero-order valence-corrected chi connectivity index (χ0v) is 25.3. The summed E-state index contributed by atoms with van der Waals surface area (Å²) in [5.74, 6) is 0. The molecule has 2 aliphatic rings. The highest BCUT2D eigenvalue weighted by Gasteiger charge is 2.47. The minimum absolute atomic E-state index is 0.143. The molecule has 0 spiro atoms. The molecule has 212 valence electrons. The van der Waals surface area contributed by atoms with Crippen molar-refractivity contribution < 1.29 is 28.6 Å². The van der Waals surface area contributed by atoms with Crippen LogP contribution in [0.15, 0.2) is 30.3 Å². The zero-order chi connectivity index (χ0) is 28.4. The zero-order valence-electron chi connectivity index (χ0n) is 23.5. The second-order valence-electron chi connectivity index (χ2n) is 12.1. The Morgan fingerprint density at radius 1 is 1.08 bits per heavy atom. The van der Waals surface area contributed by atoms with E-state index in [4.69, 9.17) is 14.2 Å². The molecular formula is C27H38N4O6SSi. The molecule has 1 aromatic carbocycles. The van der Waals surface area contributed by atoms with Gasteiger partial charge >= 0.3 is 18.3 Å². The maximum absolute atomic E-state index is 13.3. The van der Waals surface area contributed by atoms with Crippen molar-refractivity contribution in [1.82, 2.24) is 14.8 Å². The van der Waals surface area contributed by atoms with Crippen molar-refractivity contribution in [3.8, 4) is 0 Å². The third-order valence-corrected chi connectivity index (χ3v) is 9.19. The highest BCUT2D eigenvalue weighted by atomic mass is 32.1. The monoisotopic (exact) mass is 574 g/mol. The first-order valence-electron chi connectivity index (χ1n) is 13.2. The molecule has 10 nitrogen and oxygen atoms in total. The van der Waals surface area contributed by atoms with Gasteiger partial charge in [-0.05, 0) is 32.4 Å². The van der Waals surface area contributed by atoms with E-state index < -0.39 is 31.9 Å². The van der Waals surface area contributed by atoms with E-state index in [1.54, 1.807) is 9.80 Å². The Bertz CT molecular complexity index is 1190. The summed E-state index contributed by atoms with van der Waals surface area (Å²) >= 11 is 1.28. The largest absolute Gasteiger partial charge is 0.450 e. The van der Waals surface area contributed by atoms with E-state index in [1.807, 2.05) is 51.1 Å². The molecule has 3 heterocycles. The Kier molecular flexibility index (Phi) is 8.55. The van der Waals surface area contributed by atoms with Crippen LogP contribution in [0.5, 0.6) is 0 Å². The number of hydrogen-bond acceptors (Lipinski definition) is 8. The lowest BCUT2D eigenvalue weighted by molar-refractivity contribution is -0.0262. The predicted molar refractivity (Wildman–Crippen MR) is 152 cm³/mol. The average Bonchev–Trinajstić information content (AvgIpc) is 3.22. The molecule has 0 aliphatic carbocycles. The number of carbonyl (C=O) groups is 3. The molecule has 0 saturated carbocycles. The number of hydrogen-bond donors (Lipinski definition) is 1. The fourth-order valence-electron chi connectivity index (χ4n) is 4.51. The normalized spacial score (nSPS) is 18.7. The molecule has 1 fully saturated rings. The summed E-state index contributed by atoms with van der Waals surface area (Å²) < 4.78 is 16.7. The van der Waals surface area contributed by atoms with Gasteiger partial charge in [-0.1, -0.05) is 61.3 Å². The molecule has 2 atom stereocenters. The van der Waals surface area contributed by atoms with Gasteiger partial charge in [-0.25, -0.2) is 19.4 Å². The number of ether oxygens (including phenoxy) is 3. The highest BCUT2D eigenvalue weighted by Crippen LogP contribution is 2.42. The van der Waals surface area contributed by atoms with Crippen LogP contribution in [-0.2, 0) is 27.2 Å². The summed E-state index contributed by atoms with van der Waals surface area (Å²) in [4.78, 5) is 47.5. The van der Waals surface area contributed by atoms with Crippen LogP contribution < -0.4 is 5.32 Å². The number of benzene rings is 1. The van der Waals surface area contributed by atoms with Crippen LogP contribution in [0, 0.1) is 0 Å². The third-order valence-electron chi connectivity index (χ3n) is 6.37. The number of amides is 3. The van der Waals surface area contributed by atoms with Crippen LogP contribution in [0.2, 0.25) is 25.7 Å². The molecule has 3 amide bonds. The summed E-state index contributed by atoms with van der Waals surface area (Å²) in [6.45, 7) is 13.3. The van der Waals surface area contributed by atoms with E-state index in [2.05, 4.69) is 29.9 Å². The van der Waals surface area contributed by atoms with E-state index in [1.165, 1.54) is 11.3 Å². The first-order valence-corrected chi connectivity index (χ1v) is 17.7. The van der Waals surface area contributed by atoms with E-state index in [0.29, 0.717) is 24.7 Å². The quantitative estimate of drug-likeness (QED) is 0.339. The van der Waals surface area contributed by atoms with Gasteiger partial charge in [0.25, 0.3) is 0 Å². The van der Waals surface area contributed by atoms with Crippen molar-refractivity contribution >= 4 is 42.8 Å². The second-order valence-corrected chi connectivity index (χ2v) is 18.8. The van der Waals surface area contributed by atoms with Crippen molar-refractivity contribution in [2.45, 2.75) is 77.2 Å². The highest BCUT2D eigenvalue weighted by molar-refractivity contribution is 7.16. The molecule has 12 heteroatoms. The number of nitrogens with one attached hydrogen (secondary N) is 1. The van der Waals surface area contributed by atoms with Crippen LogP contribution >= 0.6 is 11.3 Å². The van der Waals surface area contributed by atoms with E-state index in [0.717, 1.165) is 22.2 Å². The van der Waals surface area contributed by atoms with Gasteiger partial charge in [0.1, 0.15) is 12.2 Å². The number of anilines is 1. The van der Waals surface area contributed by atoms with Crippen LogP contribution in [-0.4, -0.2) is 72.5 Å². The summed E-state index contributed by atoms with van der Waals surface area (Å²) in [6.07, 6.45) is -0.978. The SMILES string of the molecule is CC(C)(C)OC(=O)N1C2Cc3nc(NC(=O)OCc4ccccc4)sc3C1CN(C(=O)OCC[Si](C)(C)C)C2. The molecule has 2 aliphatic heterocycles. The van der Waals surface area contributed by atoms with Crippen LogP contribution in [0.1, 0.15) is 42.9 Å². The van der Waals surface area contributed by atoms with Crippen molar-refractivity contribution in [2.75, 3.05) is 25.0 Å². The predicted octanol–water partition coefficient (Wildman–Crippen LogP) is 5.89. The number of thiazole rings is 1. The average molecular weight is 575 g/mol. The molecule has 1 aromatic heterocycles. The van der Waals surface area contributed by atoms with Crippen LogP contribution in [0.4, 0.5) is 19.5 Å². The number of carbonyl (C=O) groups excluding carboxylic acids is 3. The lowest BCUT2D eigenvalue weighted by Crippen LogP contribution is -2.61. The minimum atomic E-state index is -1.35. The number of rotatable bonds is 6. The number of piperazine rings is 1. The van der Waals surface area contributed by atoms with Gasteiger partial charge in [-0.3, -0.25) is 10.2 Å². The third kappa shape index (κ3) is 7.72. The summed E-state index contributed by atoms with van der Waals surface area (Å²) in [5.41, 5.74) is 1.02. The van der Waals surface area contributed by atoms with Gasteiger partial charge in [0.05, 0.1) is 29.3 Å². The maximum Gasteiger partial charge on any atom is 0.413 e. The standard InChI is InChI=1S/C27H38N4O6SSi/c1-27(2,3)37-26(34)31-19-14-20-22(21(31)16-30(15-19)25(33)35-12-13-39(4,5)6)38-23(28-20)29-24(32)36-17-18-10-8-7-9-11-18/h7-11,19,21H,12-17H2,1-6H3,(H,28,29,32). The Balaban J connectivity index is 1.49. The Labute approximate surface area is 234 Å². The molecule has 2 aromatic rings. The van der Waals surface area contributed by atoms with Crippen molar-refractivity contribution in [3.05, 3.63) is 46.5 Å². The fourth-order valence-corrected chi connectivity index (χ4v) is 6.29. The number of aromatic nitrogens is 1. The summed E-state index contributed by atoms with van der Waals surface area (Å²) in [7, 11) is -1.35. The number of nitrogens with zero attached hydrogens (tertiary/aromatic N) is 3. The van der Waals surface area contributed by atoms with Gasteiger partial charge in [0.15, 0.2) is 5.13 Å². The van der Waals surface area contributed by atoms with Gasteiger partial charge in [-0.2, -0.15) is 0 Å². The molecule has 0 radical (unpaired) electrons. The molecule has 1 saturated heterocycles. The molecule has 2 bridgehead atoms. The Hall–Kier alpha value is -3.12. The van der Waals surface area contributed by atoms with Crippen molar-refractivity contribution in [1.29, 1.82) is 0 Å². The van der Waals surface area contributed by atoms with Crippen molar-refractivity contribution in [2.24, 2.45) is 0 Å². The minimum Gasteiger partial charge on any atom is -0.450 e. The molecule has 4 rings (SSSR count). The van der Waals surface area contributed by atoms with E-state index >= 15 is 0 Å². The first kappa shape index (κ1) is 28.9. The van der Waals surface area contributed by atoms with E-state index in [9.17, 15) is 14.4 Å². The second kappa shape index (κ2) is 11.5. The van der Waals surface area contributed by atoms with Gasteiger partial charge in [-0.15, -0.1) is 0 Å². The van der Waals surface area contributed by atoms with Crippen molar-refractivity contribution in [3.63, 3.8) is 0 Å². The van der Waals surface area contributed by atoms with Crippen LogP contribution in [0.3, 0.4) is 0 Å². The maximum atomic E-state index is 13.3. The molecule has 39 heavy (non-hydrogen) atoms. The fraction of sp³-hybridized carbons (Fsp3) is 0.556. The van der Waals surface area contributed by atoms with E-state index in [-0.39, 0.29) is 25.3 Å². The number of fused-ring (bicyclic) bond motifs is 4. The molecule has 1 N–H and O–H groups in total. The first-order chi connectivity index (χ1) is 18.3. The Morgan fingerprint density at radius 3 is 2.46 bits per heavy atom. The molecule has 2 unspecified atom stereocenters. The Morgan fingerprint density at radius 2 is 1.79 bits per heavy atom. The van der Waals surface area contributed by atoms with Gasteiger partial charge < -0.3 is 19.1 Å². The van der Waals surface area contributed by atoms with Gasteiger partial charge in [0, 0.05) is 27.6 Å².